The first-order chi connectivity index (χ1) is 18.9. The van der Waals surface area contributed by atoms with E-state index in [4.69, 9.17) is 11.6 Å². The van der Waals surface area contributed by atoms with Gasteiger partial charge in [0, 0.05) is 23.2 Å². The Morgan fingerprint density at radius 3 is 2.33 bits per heavy atom. The maximum absolute atomic E-state index is 13.8. The lowest BCUT2D eigenvalue weighted by atomic mass is 10.1. The van der Waals surface area contributed by atoms with Gasteiger partial charge < -0.3 is 10.6 Å². The molecule has 1 fully saturated rings. The second kappa shape index (κ2) is 11.9. The molecule has 0 saturated heterocycles. The molecular weight excluding hydrogens is 567 g/mol. The Morgan fingerprint density at radius 2 is 1.70 bits per heavy atom. The van der Waals surface area contributed by atoms with Gasteiger partial charge in [-0.25, -0.2) is 8.42 Å². The van der Waals surface area contributed by atoms with Crippen molar-refractivity contribution in [3.8, 4) is 0 Å². The Hall–Kier alpha value is -3.57. The van der Waals surface area contributed by atoms with Gasteiger partial charge in [0.05, 0.1) is 16.1 Å². The lowest BCUT2D eigenvalue weighted by molar-refractivity contribution is -0.137. The number of nitrogens with zero attached hydrogens (tertiary/aromatic N) is 1. The van der Waals surface area contributed by atoms with Crippen molar-refractivity contribution >= 4 is 39.1 Å². The number of carbonyl (C=O) groups is 2. The van der Waals surface area contributed by atoms with Gasteiger partial charge >= 0.3 is 6.18 Å². The first kappa shape index (κ1) is 29.4. The molecule has 2 N–H and O–H groups in total. The van der Waals surface area contributed by atoms with Crippen LogP contribution in [0.2, 0.25) is 5.02 Å². The Morgan fingerprint density at radius 1 is 1.02 bits per heavy atom. The highest BCUT2D eigenvalue weighted by molar-refractivity contribution is 7.93. The van der Waals surface area contributed by atoms with Gasteiger partial charge in [-0.15, -0.1) is 0 Å². The number of hydrogen-bond acceptors (Lipinski definition) is 4. The second-order valence-corrected chi connectivity index (χ2v) is 11.6. The van der Waals surface area contributed by atoms with E-state index in [9.17, 15) is 31.2 Å². The van der Waals surface area contributed by atoms with Gasteiger partial charge in [0.2, 0.25) is 5.91 Å². The van der Waals surface area contributed by atoms with Crippen LogP contribution in [0, 0.1) is 0 Å². The van der Waals surface area contributed by atoms with Crippen LogP contribution in [0.25, 0.3) is 0 Å². The van der Waals surface area contributed by atoms with Crippen LogP contribution in [0.3, 0.4) is 0 Å². The van der Waals surface area contributed by atoms with Gasteiger partial charge in [0.1, 0.15) is 6.04 Å². The average Bonchev–Trinajstić information content (AvgIpc) is 3.74. The van der Waals surface area contributed by atoms with Crippen molar-refractivity contribution in [3.63, 3.8) is 0 Å². The highest BCUT2D eigenvalue weighted by atomic mass is 35.5. The summed E-state index contributed by atoms with van der Waals surface area (Å²) in [5.41, 5.74) is -0.359. The van der Waals surface area contributed by atoms with E-state index in [1.54, 1.807) is 31.2 Å². The molecule has 3 aromatic carbocycles. The molecule has 0 aliphatic heterocycles. The number of anilines is 1. The van der Waals surface area contributed by atoms with Crippen molar-refractivity contribution in [1.29, 1.82) is 0 Å². The molecule has 1 saturated carbocycles. The average molecular weight is 594 g/mol. The van der Waals surface area contributed by atoms with Crippen molar-refractivity contribution in [1.82, 2.24) is 10.6 Å². The van der Waals surface area contributed by atoms with E-state index in [-0.39, 0.29) is 40.5 Å². The number of sulfonamides is 1. The normalized spacial score (nSPS) is 14.3. The van der Waals surface area contributed by atoms with Gasteiger partial charge in [0.15, 0.2) is 0 Å². The standard InChI is InChI=1S/C28H27ClF3N3O4S/c1-2-25(27(37)33-17-18-5-3-6-19(15-18)26(36)34-22-11-12-22)35(23-8-4-7-20(16-23)28(30,31)32)40(38,39)24-13-9-21(29)10-14-24/h3-10,13-16,22,25H,2,11-12,17H2,1H3,(H,33,37)(H,34,36). The van der Waals surface area contributed by atoms with Gasteiger partial charge in [0.25, 0.3) is 15.9 Å². The summed E-state index contributed by atoms with van der Waals surface area (Å²) in [7, 11) is -4.50. The maximum Gasteiger partial charge on any atom is 0.416 e. The van der Waals surface area contributed by atoms with Gasteiger partial charge in [-0.3, -0.25) is 13.9 Å². The first-order valence-corrected chi connectivity index (χ1v) is 14.4. The largest absolute Gasteiger partial charge is 0.416 e. The molecule has 7 nitrogen and oxygen atoms in total. The highest BCUT2D eigenvalue weighted by Gasteiger charge is 2.37. The van der Waals surface area contributed by atoms with Crippen LogP contribution < -0.4 is 14.9 Å². The van der Waals surface area contributed by atoms with Crippen LogP contribution in [0.1, 0.15) is 47.7 Å². The molecule has 0 radical (unpaired) electrons. The Labute approximate surface area is 235 Å². The fourth-order valence-corrected chi connectivity index (χ4v) is 5.91. The molecule has 0 bridgehead atoms. The molecule has 1 aliphatic carbocycles. The van der Waals surface area contributed by atoms with Gasteiger partial charge in [-0.2, -0.15) is 13.2 Å². The smallest absolute Gasteiger partial charge is 0.350 e. The summed E-state index contributed by atoms with van der Waals surface area (Å²) < 4.78 is 68.8. The van der Waals surface area contributed by atoms with Gasteiger partial charge in [-0.1, -0.05) is 36.7 Å². The molecule has 2 amide bonds. The Kier molecular flexibility index (Phi) is 8.74. The zero-order chi connectivity index (χ0) is 29.1. The molecule has 0 spiro atoms. The monoisotopic (exact) mass is 593 g/mol. The summed E-state index contributed by atoms with van der Waals surface area (Å²) in [5.74, 6) is -0.947. The molecule has 1 atom stereocenters. The summed E-state index contributed by atoms with van der Waals surface area (Å²) in [6.07, 6.45) is -2.91. The maximum atomic E-state index is 13.8. The second-order valence-electron chi connectivity index (χ2n) is 9.39. The van der Waals surface area contributed by atoms with E-state index in [0.29, 0.717) is 21.5 Å². The zero-order valence-electron chi connectivity index (χ0n) is 21.4. The highest BCUT2D eigenvalue weighted by Crippen LogP contribution is 2.35. The van der Waals surface area contributed by atoms with E-state index >= 15 is 0 Å². The van der Waals surface area contributed by atoms with Crippen molar-refractivity contribution in [3.05, 3.63) is 94.5 Å². The lowest BCUT2D eigenvalue weighted by Gasteiger charge is -2.32. The van der Waals surface area contributed by atoms with Crippen LogP contribution >= 0.6 is 11.6 Å². The van der Waals surface area contributed by atoms with Crippen molar-refractivity contribution in [2.45, 2.75) is 55.9 Å². The minimum atomic E-state index is -4.73. The van der Waals surface area contributed by atoms with E-state index in [0.717, 1.165) is 25.0 Å². The van der Waals surface area contributed by atoms with Crippen LogP contribution in [-0.4, -0.2) is 32.3 Å². The molecular formula is C28H27ClF3N3O4S. The van der Waals surface area contributed by atoms with Crippen molar-refractivity contribution < 1.29 is 31.2 Å². The van der Waals surface area contributed by atoms with Crippen LogP contribution in [0.4, 0.5) is 18.9 Å². The van der Waals surface area contributed by atoms with E-state index in [1.807, 2.05) is 0 Å². The summed E-state index contributed by atoms with van der Waals surface area (Å²) >= 11 is 5.90. The quantitative estimate of drug-likeness (QED) is 0.323. The van der Waals surface area contributed by atoms with E-state index < -0.39 is 33.7 Å². The minimum Gasteiger partial charge on any atom is -0.350 e. The van der Waals surface area contributed by atoms with Crippen LogP contribution in [-0.2, 0) is 27.5 Å². The number of nitrogens with one attached hydrogen (secondary N) is 2. The number of rotatable bonds is 10. The molecule has 3 aromatic rings. The summed E-state index contributed by atoms with van der Waals surface area (Å²) in [4.78, 5) is 25.6. The zero-order valence-corrected chi connectivity index (χ0v) is 23.0. The molecule has 40 heavy (non-hydrogen) atoms. The lowest BCUT2D eigenvalue weighted by Crippen LogP contribution is -2.49. The third kappa shape index (κ3) is 6.95. The SMILES string of the molecule is CCC(C(=O)NCc1cccc(C(=O)NC2CC2)c1)N(c1cccc(C(F)(F)F)c1)S(=O)(=O)c1ccc(Cl)cc1. The van der Waals surface area contributed by atoms with Crippen LogP contribution in [0.15, 0.2) is 77.7 Å². The summed E-state index contributed by atoms with van der Waals surface area (Å²) in [6, 6.07) is 14.4. The number of alkyl halides is 3. The third-order valence-electron chi connectivity index (χ3n) is 6.34. The first-order valence-electron chi connectivity index (χ1n) is 12.5. The third-order valence-corrected chi connectivity index (χ3v) is 8.44. The Bertz CT molecular complexity index is 1490. The predicted octanol–water partition coefficient (Wildman–Crippen LogP) is 5.54. The fraction of sp³-hybridized carbons (Fsp3) is 0.286. The number of benzene rings is 3. The Balaban J connectivity index is 1.64. The van der Waals surface area contributed by atoms with Crippen molar-refractivity contribution in [2.75, 3.05) is 4.31 Å². The van der Waals surface area contributed by atoms with E-state index in [1.165, 1.54) is 30.3 Å². The van der Waals surface area contributed by atoms with Crippen LogP contribution in [0.5, 0.6) is 0 Å². The molecule has 0 aromatic heterocycles. The molecule has 4 rings (SSSR count). The molecule has 1 aliphatic rings. The fourth-order valence-electron chi connectivity index (χ4n) is 4.11. The summed E-state index contributed by atoms with van der Waals surface area (Å²) in [5, 5.41) is 5.83. The number of carbonyl (C=O) groups excluding carboxylic acids is 2. The molecule has 0 heterocycles. The molecule has 212 valence electrons. The number of halogens is 4. The molecule has 12 heteroatoms. The summed E-state index contributed by atoms with van der Waals surface area (Å²) in [6.45, 7) is 1.53. The van der Waals surface area contributed by atoms with E-state index in [2.05, 4.69) is 10.6 Å². The number of hydrogen-bond donors (Lipinski definition) is 2. The van der Waals surface area contributed by atoms with Crippen molar-refractivity contribution in [2.24, 2.45) is 0 Å². The predicted molar refractivity (Wildman–Crippen MR) is 145 cm³/mol. The topological polar surface area (TPSA) is 95.6 Å². The van der Waals surface area contributed by atoms with Gasteiger partial charge in [-0.05, 0) is 79.4 Å². The minimum absolute atomic E-state index is 0.0305. The number of amides is 2. The molecule has 1 unspecified atom stereocenters.